The number of hydrogen-bond donors (Lipinski definition) is 0. The molecule has 0 N–H and O–H groups in total. The zero-order valence-corrected chi connectivity index (χ0v) is 15.8. The van der Waals surface area contributed by atoms with Gasteiger partial charge in [0, 0.05) is 31.0 Å². The molecule has 136 valence electrons. The average Bonchev–Trinajstić information content (AvgIpc) is 2.85. The van der Waals surface area contributed by atoms with Crippen molar-refractivity contribution in [3.05, 3.63) is 17.0 Å². The highest BCUT2D eigenvalue weighted by Gasteiger charge is 2.34. The van der Waals surface area contributed by atoms with Crippen molar-refractivity contribution in [1.82, 2.24) is 14.7 Å². The Labute approximate surface area is 149 Å². The molecular formula is C19H27N3O3. The fraction of sp³-hybridized carbons (Fsp3) is 0.632. The molecule has 0 spiro atoms. The second-order valence-electron chi connectivity index (χ2n) is 7.34. The Morgan fingerprint density at radius 2 is 2.16 bits per heavy atom. The lowest BCUT2D eigenvalue weighted by atomic mass is 10.0. The molecule has 1 aliphatic rings. The zero-order chi connectivity index (χ0) is 18.6. The lowest BCUT2D eigenvalue weighted by Crippen LogP contribution is -2.45. The molecule has 25 heavy (non-hydrogen) atoms. The molecule has 2 rings (SSSR count). The van der Waals surface area contributed by atoms with Gasteiger partial charge in [-0.05, 0) is 41.0 Å². The van der Waals surface area contributed by atoms with Gasteiger partial charge in [-0.3, -0.25) is 9.48 Å². The molecule has 6 heteroatoms. The monoisotopic (exact) mass is 345 g/mol. The standard InChI is InChI=1S/C19H27N3O3/c1-6-7-8-9-10-22-17(13-23)15-12-21(14(2)11-16(15)20-22)18(24)25-19(3,4)5/h13-14H,8-12H2,1-5H3/t14-/m1/s1. The van der Waals surface area contributed by atoms with Crippen LogP contribution in [0.25, 0.3) is 0 Å². The van der Waals surface area contributed by atoms with E-state index in [1.807, 2.05) is 34.6 Å². The van der Waals surface area contributed by atoms with Crippen molar-refractivity contribution in [2.45, 2.75) is 78.6 Å². The highest BCUT2D eigenvalue weighted by molar-refractivity contribution is 5.76. The third-order valence-electron chi connectivity index (χ3n) is 4.11. The molecule has 6 nitrogen and oxygen atoms in total. The highest BCUT2D eigenvalue weighted by atomic mass is 16.6. The van der Waals surface area contributed by atoms with Gasteiger partial charge in [-0.15, -0.1) is 11.8 Å². The molecule has 2 heterocycles. The molecule has 0 saturated carbocycles. The van der Waals surface area contributed by atoms with Crippen molar-refractivity contribution in [3.63, 3.8) is 0 Å². The molecule has 0 unspecified atom stereocenters. The van der Waals surface area contributed by atoms with E-state index in [4.69, 9.17) is 4.74 Å². The van der Waals surface area contributed by atoms with Crippen LogP contribution in [0.5, 0.6) is 0 Å². The van der Waals surface area contributed by atoms with Crippen LogP contribution >= 0.6 is 0 Å². The average molecular weight is 345 g/mol. The topological polar surface area (TPSA) is 64.4 Å². The summed E-state index contributed by atoms with van der Waals surface area (Å²) >= 11 is 0. The van der Waals surface area contributed by atoms with E-state index in [1.54, 1.807) is 9.58 Å². The number of carbonyl (C=O) groups excluding carboxylic acids is 2. The highest BCUT2D eigenvalue weighted by Crippen LogP contribution is 2.27. The van der Waals surface area contributed by atoms with Crippen molar-refractivity contribution >= 4 is 12.4 Å². The van der Waals surface area contributed by atoms with Gasteiger partial charge in [0.05, 0.1) is 12.2 Å². The van der Waals surface area contributed by atoms with Crippen molar-refractivity contribution in [2.75, 3.05) is 0 Å². The number of carbonyl (C=O) groups is 2. The third kappa shape index (κ3) is 4.62. The van der Waals surface area contributed by atoms with Crippen molar-refractivity contribution in [3.8, 4) is 11.8 Å². The minimum atomic E-state index is -0.547. The Morgan fingerprint density at radius 1 is 1.44 bits per heavy atom. The first-order valence-corrected chi connectivity index (χ1v) is 8.69. The van der Waals surface area contributed by atoms with Crippen LogP contribution in [0, 0.1) is 11.8 Å². The van der Waals surface area contributed by atoms with Gasteiger partial charge in [0.1, 0.15) is 11.3 Å². The number of unbranched alkanes of at least 4 members (excludes halogenated alkanes) is 1. The van der Waals surface area contributed by atoms with Crippen molar-refractivity contribution in [2.24, 2.45) is 0 Å². The van der Waals surface area contributed by atoms with Gasteiger partial charge in [0.2, 0.25) is 0 Å². The molecule has 1 aromatic heterocycles. The maximum Gasteiger partial charge on any atom is 0.410 e. The number of amides is 1. The molecule has 1 atom stereocenters. The van der Waals surface area contributed by atoms with E-state index in [2.05, 4.69) is 16.9 Å². The summed E-state index contributed by atoms with van der Waals surface area (Å²) in [7, 11) is 0. The van der Waals surface area contributed by atoms with Crippen LogP contribution in [0.3, 0.4) is 0 Å². The van der Waals surface area contributed by atoms with Gasteiger partial charge < -0.3 is 9.64 Å². The summed E-state index contributed by atoms with van der Waals surface area (Å²) in [5.41, 5.74) is 1.74. The van der Waals surface area contributed by atoms with E-state index in [-0.39, 0.29) is 12.1 Å². The van der Waals surface area contributed by atoms with Gasteiger partial charge in [0.15, 0.2) is 6.29 Å². The predicted molar refractivity (Wildman–Crippen MR) is 95.2 cm³/mol. The lowest BCUT2D eigenvalue weighted by molar-refractivity contribution is 0.0137. The van der Waals surface area contributed by atoms with E-state index in [9.17, 15) is 9.59 Å². The second-order valence-corrected chi connectivity index (χ2v) is 7.34. The molecule has 1 aromatic rings. The number of aryl methyl sites for hydroxylation is 1. The summed E-state index contributed by atoms with van der Waals surface area (Å²) in [5, 5.41) is 4.60. The number of aldehydes is 1. The Bertz CT molecular complexity index is 704. The largest absolute Gasteiger partial charge is 0.444 e. The number of aromatic nitrogens is 2. The first-order valence-electron chi connectivity index (χ1n) is 8.69. The smallest absolute Gasteiger partial charge is 0.410 e. The van der Waals surface area contributed by atoms with Gasteiger partial charge in [-0.25, -0.2) is 4.79 Å². The number of nitrogens with zero attached hydrogens (tertiary/aromatic N) is 3. The summed E-state index contributed by atoms with van der Waals surface area (Å²) in [6, 6.07) is -0.0174. The maximum atomic E-state index is 12.5. The quantitative estimate of drug-likeness (QED) is 0.478. The summed E-state index contributed by atoms with van der Waals surface area (Å²) < 4.78 is 7.24. The van der Waals surface area contributed by atoms with Crippen LogP contribution in [0.4, 0.5) is 4.79 Å². The molecule has 0 saturated heterocycles. The first-order chi connectivity index (χ1) is 11.8. The zero-order valence-electron chi connectivity index (χ0n) is 15.8. The normalized spacial score (nSPS) is 16.7. The third-order valence-corrected chi connectivity index (χ3v) is 4.11. The van der Waals surface area contributed by atoms with Crippen molar-refractivity contribution in [1.29, 1.82) is 0 Å². The molecule has 1 amide bonds. The molecule has 0 aliphatic carbocycles. The number of rotatable bonds is 4. The Kier molecular flexibility index (Phi) is 5.89. The molecule has 0 aromatic carbocycles. The minimum Gasteiger partial charge on any atom is -0.444 e. The summed E-state index contributed by atoms with van der Waals surface area (Å²) in [6.45, 7) is 10.3. The fourth-order valence-electron chi connectivity index (χ4n) is 2.93. The maximum absolute atomic E-state index is 12.5. The molecule has 1 aliphatic heterocycles. The van der Waals surface area contributed by atoms with Crippen LogP contribution in [0.15, 0.2) is 0 Å². The van der Waals surface area contributed by atoms with E-state index >= 15 is 0 Å². The van der Waals surface area contributed by atoms with Crippen LogP contribution in [-0.4, -0.2) is 38.7 Å². The van der Waals surface area contributed by atoms with Crippen LogP contribution < -0.4 is 0 Å². The van der Waals surface area contributed by atoms with E-state index in [0.717, 1.165) is 30.4 Å². The Morgan fingerprint density at radius 3 is 2.76 bits per heavy atom. The van der Waals surface area contributed by atoms with Crippen molar-refractivity contribution < 1.29 is 14.3 Å². The Hall–Kier alpha value is -2.29. The Balaban J connectivity index is 2.19. The summed E-state index contributed by atoms with van der Waals surface area (Å²) in [4.78, 5) is 25.7. The fourth-order valence-corrected chi connectivity index (χ4v) is 2.93. The van der Waals surface area contributed by atoms with Crippen LogP contribution in [0.1, 0.15) is 69.2 Å². The minimum absolute atomic E-state index is 0.0174. The van der Waals surface area contributed by atoms with Gasteiger partial charge in [0.25, 0.3) is 0 Å². The predicted octanol–water partition coefficient (Wildman–Crippen LogP) is 3.18. The van der Waals surface area contributed by atoms with Crippen LogP contribution in [-0.2, 0) is 24.2 Å². The van der Waals surface area contributed by atoms with Crippen LogP contribution in [0.2, 0.25) is 0 Å². The van der Waals surface area contributed by atoms with E-state index < -0.39 is 5.60 Å². The lowest BCUT2D eigenvalue weighted by Gasteiger charge is -2.34. The molecule has 0 fully saturated rings. The van der Waals surface area contributed by atoms with E-state index in [0.29, 0.717) is 25.2 Å². The number of fused-ring (bicyclic) bond motifs is 1. The first kappa shape index (κ1) is 19.0. The molecular weight excluding hydrogens is 318 g/mol. The van der Waals surface area contributed by atoms with Gasteiger partial charge in [-0.2, -0.15) is 5.10 Å². The van der Waals surface area contributed by atoms with E-state index in [1.165, 1.54) is 0 Å². The second kappa shape index (κ2) is 7.73. The van der Waals surface area contributed by atoms with Gasteiger partial charge in [-0.1, -0.05) is 0 Å². The summed E-state index contributed by atoms with van der Waals surface area (Å²) in [5.74, 6) is 5.89. The molecule has 0 bridgehead atoms. The molecule has 0 radical (unpaired) electrons. The number of ether oxygens (including phenoxy) is 1. The SMILES string of the molecule is CC#CCCCn1nc2c(c1C=O)CN(C(=O)OC(C)(C)C)[C@H](C)C2. The van der Waals surface area contributed by atoms with Gasteiger partial charge >= 0.3 is 6.09 Å². The number of hydrogen-bond acceptors (Lipinski definition) is 4. The summed E-state index contributed by atoms with van der Waals surface area (Å²) in [6.07, 6.45) is 2.72.